The van der Waals surface area contributed by atoms with Gasteiger partial charge >= 0.3 is 0 Å². The molecule has 1 aliphatic rings. The van der Waals surface area contributed by atoms with Gasteiger partial charge in [0.25, 0.3) is 0 Å². The molecule has 1 heterocycles. The van der Waals surface area contributed by atoms with Gasteiger partial charge in [0.1, 0.15) is 0 Å². The van der Waals surface area contributed by atoms with Gasteiger partial charge in [-0.15, -0.1) is 0 Å². The zero-order valence-electron chi connectivity index (χ0n) is 7.80. The van der Waals surface area contributed by atoms with Crippen molar-refractivity contribution >= 4 is 11.8 Å². The van der Waals surface area contributed by atoms with Crippen molar-refractivity contribution in [2.45, 2.75) is 6.42 Å². The standard InChI is InChI=1S/C8H15N3O2/c1-9-5-8(13)11-4-2-3-10-7(12)6-11/h9H,2-6H2,1H3,(H,10,12). The lowest BCUT2D eigenvalue weighted by atomic mass is 10.4. The zero-order chi connectivity index (χ0) is 9.68. The van der Waals surface area contributed by atoms with Crippen LogP contribution in [0, 0.1) is 0 Å². The van der Waals surface area contributed by atoms with Gasteiger partial charge < -0.3 is 15.5 Å². The fraction of sp³-hybridized carbons (Fsp3) is 0.750. The summed E-state index contributed by atoms with van der Waals surface area (Å²) in [5.74, 6) is -0.0819. The van der Waals surface area contributed by atoms with Gasteiger partial charge in [-0.2, -0.15) is 0 Å². The lowest BCUT2D eigenvalue weighted by molar-refractivity contribution is -0.134. The average molecular weight is 185 g/mol. The first-order valence-electron chi connectivity index (χ1n) is 4.43. The van der Waals surface area contributed by atoms with Gasteiger partial charge in [0.2, 0.25) is 11.8 Å². The first-order valence-corrected chi connectivity index (χ1v) is 4.43. The van der Waals surface area contributed by atoms with Crippen molar-refractivity contribution in [2.24, 2.45) is 0 Å². The Labute approximate surface area is 77.5 Å². The molecule has 0 aliphatic carbocycles. The van der Waals surface area contributed by atoms with Crippen LogP contribution in [0.5, 0.6) is 0 Å². The van der Waals surface area contributed by atoms with E-state index < -0.39 is 0 Å². The van der Waals surface area contributed by atoms with Crippen molar-refractivity contribution in [2.75, 3.05) is 33.2 Å². The molecule has 0 aromatic rings. The molecule has 0 saturated carbocycles. The molecule has 1 saturated heterocycles. The number of rotatable bonds is 2. The first-order chi connectivity index (χ1) is 6.24. The minimum atomic E-state index is -0.0676. The molecule has 0 aromatic heterocycles. The summed E-state index contributed by atoms with van der Waals surface area (Å²) in [6.45, 7) is 1.83. The number of amides is 2. The van der Waals surface area contributed by atoms with E-state index in [2.05, 4.69) is 10.6 Å². The van der Waals surface area contributed by atoms with Crippen LogP contribution >= 0.6 is 0 Å². The van der Waals surface area contributed by atoms with Crippen molar-refractivity contribution in [3.63, 3.8) is 0 Å². The molecule has 0 unspecified atom stereocenters. The fourth-order valence-corrected chi connectivity index (χ4v) is 1.28. The molecule has 5 nitrogen and oxygen atoms in total. The SMILES string of the molecule is CNCC(=O)N1CCCNC(=O)C1. The Balaban J connectivity index is 2.47. The number of carbonyl (C=O) groups is 2. The van der Waals surface area contributed by atoms with E-state index in [1.807, 2.05) is 0 Å². The molecule has 0 radical (unpaired) electrons. The molecule has 74 valence electrons. The van der Waals surface area contributed by atoms with Crippen LogP contribution in [0.2, 0.25) is 0 Å². The van der Waals surface area contributed by atoms with Gasteiger partial charge in [0.05, 0.1) is 13.1 Å². The number of nitrogens with one attached hydrogen (secondary N) is 2. The predicted octanol–water partition coefficient (Wildman–Crippen LogP) is -1.45. The third kappa shape index (κ3) is 3.02. The summed E-state index contributed by atoms with van der Waals surface area (Å²) >= 11 is 0. The van der Waals surface area contributed by atoms with E-state index in [0.29, 0.717) is 19.6 Å². The maximum atomic E-state index is 11.4. The Morgan fingerprint density at radius 1 is 1.69 bits per heavy atom. The minimum Gasteiger partial charge on any atom is -0.354 e. The highest BCUT2D eigenvalue weighted by Crippen LogP contribution is 1.96. The molecule has 2 amide bonds. The maximum absolute atomic E-state index is 11.4. The normalized spacial score (nSPS) is 17.9. The molecule has 1 aliphatic heterocycles. The van der Waals surface area contributed by atoms with E-state index in [0.717, 1.165) is 6.42 Å². The van der Waals surface area contributed by atoms with Crippen LogP contribution in [-0.2, 0) is 9.59 Å². The third-order valence-electron chi connectivity index (χ3n) is 1.94. The fourth-order valence-electron chi connectivity index (χ4n) is 1.28. The molecule has 0 spiro atoms. The molecular weight excluding hydrogens is 170 g/mol. The van der Waals surface area contributed by atoms with Crippen molar-refractivity contribution in [1.29, 1.82) is 0 Å². The Kier molecular flexibility index (Phi) is 3.70. The second kappa shape index (κ2) is 4.81. The van der Waals surface area contributed by atoms with Crippen molar-refractivity contribution < 1.29 is 9.59 Å². The predicted molar refractivity (Wildman–Crippen MR) is 48.1 cm³/mol. The highest BCUT2D eigenvalue weighted by atomic mass is 16.2. The van der Waals surface area contributed by atoms with E-state index in [-0.39, 0.29) is 18.4 Å². The van der Waals surface area contributed by atoms with E-state index in [1.54, 1.807) is 11.9 Å². The molecular formula is C8H15N3O2. The van der Waals surface area contributed by atoms with Crippen LogP contribution in [-0.4, -0.2) is 49.9 Å². The summed E-state index contributed by atoms with van der Waals surface area (Å²) in [7, 11) is 1.72. The topological polar surface area (TPSA) is 61.4 Å². The van der Waals surface area contributed by atoms with E-state index >= 15 is 0 Å². The number of hydrogen-bond donors (Lipinski definition) is 2. The van der Waals surface area contributed by atoms with Crippen LogP contribution in [0.25, 0.3) is 0 Å². The quantitative estimate of drug-likeness (QED) is 0.553. The largest absolute Gasteiger partial charge is 0.354 e. The molecule has 1 fully saturated rings. The molecule has 5 heteroatoms. The van der Waals surface area contributed by atoms with Gasteiger partial charge in [-0.25, -0.2) is 0 Å². The molecule has 0 aromatic carbocycles. The second-order valence-corrected chi connectivity index (χ2v) is 3.05. The van der Waals surface area contributed by atoms with Crippen molar-refractivity contribution in [3.05, 3.63) is 0 Å². The van der Waals surface area contributed by atoms with Crippen LogP contribution < -0.4 is 10.6 Å². The van der Waals surface area contributed by atoms with Crippen LogP contribution in [0.4, 0.5) is 0 Å². The number of carbonyl (C=O) groups excluding carboxylic acids is 2. The van der Waals surface area contributed by atoms with Gasteiger partial charge in [-0.05, 0) is 13.5 Å². The summed E-state index contributed by atoms with van der Waals surface area (Å²) in [6.07, 6.45) is 0.835. The van der Waals surface area contributed by atoms with Crippen molar-refractivity contribution in [3.8, 4) is 0 Å². The monoisotopic (exact) mass is 185 g/mol. The van der Waals surface area contributed by atoms with E-state index in [4.69, 9.17) is 0 Å². The summed E-state index contributed by atoms with van der Waals surface area (Å²) in [4.78, 5) is 24.0. The Morgan fingerprint density at radius 2 is 2.46 bits per heavy atom. The summed E-state index contributed by atoms with van der Waals surface area (Å²) in [5, 5.41) is 5.50. The third-order valence-corrected chi connectivity index (χ3v) is 1.94. The lowest BCUT2D eigenvalue weighted by Gasteiger charge is -2.18. The molecule has 2 N–H and O–H groups in total. The van der Waals surface area contributed by atoms with Crippen LogP contribution in [0.3, 0.4) is 0 Å². The van der Waals surface area contributed by atoms with Crippen LogP contribution in [0.1, 0.15) is 6.42 Å². The molecule has 1 rings (SSSR count). The van der Waals surface area contributed by atoms with Gasteiger partial charge in [-0.3, -0.25) is 9.59 Å². The van der Waals surface area contributed by atoms with Crippen LogP contribution in [0.15, 0.2) is 0 Å². The summed E-state index contributed by atoms with van der Waals surface area (Å²) in [6, 6.07) is 0. The number of likely N-dealkylation sites (N-methyl/N-ethyl adjacent to an activating group) is 1. The van der Waals surface area contributed by atoms with E-state index in [9.17, 15) is 9.59 Å². The zero-order valence-corrected chi connectivity index (χ0v) is 7.80. The van der Waals surface area contributed by atoms with E-state index in [1.165, 1.54) is 0 Å². The lowest BCUT2D eigenvalue weighted by Crippen LogP contribution is -2.41. The van der Waals surface area contributed by atoms with Crippen molar-refractivity contribution in [1.82, 2.24) is 15.5 Å². The summed E-state index contributed by atoms with van der Waals surface area (Å²) in [5.41, 5.74) is 0. The Hall–Kier alpha value is -1.10. The number of hydrogen-bond acceptors (Lipinski definition) is 3. The first kappa shape index (κ1) is 9.98. The highest BCUT2D eigenvalue weighted by molar-refractivity contribution is 5.86. The summed E-state index contributed by atoms with van der Waals surface area (Å²) < 4.78 is 0. The molecule has 0 atom stereocenters. The minimum absolute atomic E-state index is 0.0143. The average Bonchev–Trinajstić information content (AvgIpc) is 2.30. The van der Waals surface area contributed by atoms with Gasteiger partial charge in [0.15, 0.2) is 0 Å². The number of nitrogens with zero attached hydrogens (tertiary/aromatic N) is 1. The van der Waals surface area contributed by atoms with Gasteiger partial charge in [0, 0.05) is 13.1 Å². The highest BCUT2D eigenvalue weighted by Gasteiger charge is 2.18. The smallest absolute Gasteiger partial charge is 0.239 e. The molecule has 13 heavy (non-hydrogen) atoms. The second-order valence-electron chi connectivity index (χ2n) is 3.05. The Bertz CT molecular complexity index is 206. The van der Waals surface area contributed by atoms with Gasteiger partial charge in [-0.1, -0.05) is 0 Å². The maximum Gasteiger partial charge on any atom is 0.239 e. The molecule has 0 bridgehead atoms. The Morgan fingerprint density at radius 3 is 3.15 bits per heavy atom.